The van der Waals surface area contributed by atoms with Crippen LogP contribution >= 0.6 is 11.6 Å². The van der Waals surface area contributed by atoms with Gasteiger partial charge < -0.3 is 20.1 Å². The molecule has 8 nitrogen and oxygen atoms in total. The predicted molar refractivity (Wildman–Crippen MR) is 127 cm³/mol. The zero-order valence-corrected chi connectivity index (χ0v) is 19.6. The fourth-order valence-corrected chi connectivity index (χ4v) is 5.74. The van der Waals surface area contributed by atoms with Gasteiger partial charge in [-0.2, -0.15) is 5.26 Å². The number of carbonyl (C=O) groups is 1. The third-order valence-corrected chi connectivity index (χ3v) is 7.63. The van der Waals surface area contributed by atoms with Gasteiger partial charge in [0, 0.05) is 30.8 Å². The number of amides is 1. The Bertz CT molecular complexity index is 1070. The summed E-state index contributed by atoms with van der Waals surface area (Å²) in [6, 6.07) is 11.7. The van der Waals surface area contributed by atoms with Crippen LogP contribution in [0, 0.1) is 17.2 Å². The van der Waals surface area contributed by atoms with Gasteiger partial charge >= 0.3 is 0 Å². The highest BCUT2D eigenvalue weighted by Gasteiger charge is 2.45. The van der Waals surface area contributed by atoms with E-state index in [4.69, 9.17) is 21.6 Å². The van der Waals surface area contributed by atoms with E-state index in [2.05, 4.69) is 20.4 Å². The number of piperidine rings is 1. The molecule has 1 aliphatic carbocycles. The number of rotatable bonds is 6. The number of anilines is 1. The molecule has 9 heteroatoms. The Kier molecular flexibility index (Phi) is 6.57. The second-order valence-corrected chi connectivity index (χ2v) is 9.97. The fourth-order valence-electron chi connectivity index (χ4n) is 5.53. The van der Waals surface area contributed by atoms with E-state index in [0.717, 1.165) is 50.8 Å². The van der Waals surface area contributed by atoms with Crippen LogP contribution in [0.1, 0.15) is 61.0 Å². The molecule has 2 aromatic rings. The molecule has 3 fully saturated rings. The summed E-state index contributed by atoms with van der Waals surface area (Å²) in [6.45, 7) is 0.253. The molecule has 178 valence electrons. The number of aliphatic hydroxyl groups excluding tert-OH is 1. The number of aliphatic hydroxyl groups is 1. The quantitative estimate of drug-likeness (QED) is 0.649. The number of hydrogen-bond donors (Lipinski definition) is 2. The summed E-state index contributed by atoms with van der Waals surface area (Å²) in [5.41, 5.74) is 0.757. The van der Waals surface area contributed by atoms with Crippen molar-refractivity contribution in [2.45, 2.75) is 69.2 Å². The Morgan fingerprint density at radius 3 is 2.53 bits per heavy atom. The van der Waals surface area contributed by atoms with E-state index in [-0.39, 0.29) is 24.7 Å². The fraction of sp³-hybridized carbons (Fsp3) is 0.520. The second kappa shape index (κ2) is 9.77. The van der Waals surface area contributed by atoms with Gasteiger partial charge in [-0.15, -0.1) is 10.2 Å². The molecule has 2 N–H and O–H groups in total. The standard InChI is InChI=1S/C25H28ClN5O3/c26-22-12-21(4-1-16(22)13-27)34-20-5-2-17(3-6-20)28-25(33)23-7-8-24(30-29-23)31-18-9-15(14-32)10-19(31)11-18/h1,4,7-8,12,15,17-20,32H,2-3,5-6,9-11,14H2,(H,28,33). The minimum absolute atomic E-state index is 0.0534. The number of nitrogens with zero attached hydrogens (tertiary/aromatic N) is 4. The van der Waals surface area contributed by atoms with Gasteiger partial charge in [-0.25, -0.2) is 0 Å². The molecule has 2 atom stereocenters. The zero-order chi connectivity index (χ0) is 23.7. The van der Waals surface area contributed by atoms with Crippen LogP contribution in [0.5, 0.6) is 5.75 Å². The molecule has 2 saturated heterocycles. The van der Waals surface area contributed by atoms with Crippen molar-refractivity contribution < 1.29 is 14.6 Å². The summed E-state index contributed by atoms with van der Waals surface area (Å²) >= 11 is 6.09. The number of nitriles is 1. The molecule has 2 bridgehead atoms. The van der Waals surface area contributed by atoms with E-state index in [9.17, 15) is 9.90 Å². The number of halogens is 1. The molecule has 3 aliphatic rings. The lowest BCUT2D eigenvalue weighted by molar-refractivity contribution is 0.0887. The summed E-state index contributed by atoms with van der Waals surface area (Å²) in [4.78, 5) is 15.0. The largest absolute Gasteiger partial charge is 0.490 e. The first-order chi connectivity index (χ1) is 16.5. The minimum atomic E-state index is -0.202. The molecule has 2 unspecified atom stereocenters. The molecular formula is C25H28ClN5O3. The predicted octanol–water partition coefficient (Wildman–Crippen LogP) is 3.47. The smallest absolute Gasteiger partial charge is 0.272 e. The van der Waals surface area contributed by atoms with Gasteiger partial charge in [0.2, 0.25) is 0 Å². The third kappa shape index (κ3) is 4.68. The van der Waals surface area contributed by atoms with E-state index in [1.165, 1.54) is 0 Å². The van der Waals surface area contributed by atoms with Crippen molar-refractivity contribution in [3.05, 3.63) is 46.6 Å². The van der Waals surface area contributed by atoms with Crippen LogP contribution in [-0.2, 0) is 0 Å². The molecule has 1 saturated carbocycles. The first-order valence-electron chi connectivity index (χ1n) is 11.9. The van der Waals surface area contributed by atoms with Gasteiger partial charge in [0.1, 0.15) is 11.8 Å². The second-order valence-electron chi connectivity index (χ2n) is 9.57. The first kappa shape index (κ1) is 22.9. The monoisotopic (exact) mass is 481 g/mol. The lowest BCUT2D eigenvalue weighted by Crippen LogP contribution is -2.61. The molecule has 1 aromatic heterocycles. The van der Waals surface area contributed by atoms with Crippen LogP contribution in [0.2, 0.25) is 5.02 Å². The topological polar surface area (TPSA) is 111 Å². The number of aromatic nitrogens is 2. The van der Waals surface area contributed by atoms with E-state index in [0.29, 0.717) is 40.0 Å². The van der Waals surface area contributed by atoms with Crippen molar-refractivity contribution in [1.82, 2.24) is 15.5 Å². The molecule has 3 heterocycles. The van der Waals surface area contributed by atoms with Crippen molar-refractivity contribution in [2.24, 2.45) is 5.92 Å². The van der Waals surface area contributed by atoms with Gasteiger partial charge in [-0.3, -0.25) is 4.79 Å². The number of fused-ring (bicyclic) bond motifs is 2. The third-order valence-electron chi connectivity index (χ3n) is 7.32. The molecule has 0 spiro atoms. The summed E-state index contributed by atoms with van der Waals surface area (Å²) in [5.74, 6) is 1.66. The van der Waals surface area contributed by atoms with Crippen LogP contribution in [0.4, 0.5) is 5.82 Å². The van der Waals surface area contributed by atoms with Gasteiger partial charge in [0.05, 0.1) is 16.7 Å². The van der Waals surface area contributed by atoms with Gasteiger partial charge in [0.15, 0.2) is 11.5 Å². The number of carbonyl (C=O) groups excluding carboxylic acids is 1. The molecular weight excluding hydrogens is 454 g/mol. The lowest BCUT2D eigenvalue weighted by Gasteiger charge is -2.55. The van der Waals surface area contributed by atoms with Crippen molar-refractivity contribution in [1.29, 1.82) is 5.26 Å². The van der Waals surface area contributed by atoms with Gasteiger partial charge in [0.25, 0.3) is 5.91 Å². The molecule has 2 aliphatic heterocycles. The Morgan fingerprint density at radius 1 is 1.15 bits per heavy atom. The Labute approximate surface area is 203 Å². The van der Waals surface area contributed by atoms with Crippen LogP contribution in [0.15, 0.2) is 30.3 Å². The van der Waals surface area contributed by atoms with Crippen molar-refractivity contribution >= 4 is 23.3 Å². The van der Waals surface area contributed by atoms with E-state index < -0.39 is 0 Å². The van der Waals surface area contributed by atoms with E-state index in [1.807, 2.05) is 12.1 Å². The highest BCUT2D eigenvalue weighted by atomic mass is 35.5. The van der Waals surface area contributed by atoms with E-state index in [1.54, 1.807) is 24.3 Å². The van der Waals surface area contributed by atoms with Crippen molar-refractivity contribution in [3.63, 3.8) is 0 Å². The van der Waals surface area contributed by atoms with Gasteiger partial charge in [-0.1, -0.05) is 11.6 Å². The first-order valence-corrected chi connectivity index (χ1v) is 12.3. The number of hydrogen-bond acceptors (Lipinski definition) is 7. The maximum absolute atomic E-state index is 12.7. The Morgan fingerprint density at radius 2 is 1.91 bits per heavy atom. The zero-order valence-electron chi connectivity index (χ0n) is 18.9. The van der Waals surface area contributed by atoms with Crippen LogP contribution < -0.4 is 15.0 Å². The minimum Gasteiger partial charge on any atom is -0.490 e. The summed E-state index contributed by atoms with van der Waals surface area (Å²) in [7, 11) is 0. The molecule has 1 aromatic carbocycles. The number of benzene rings is 1. The van der Waals surface area contributed by atoms with Crippen LogP contribution in [0.3, 0.4) is 0 Å². The number of nitrogens with one attached hydrogen (secondary N) is 1. The summed E-state index contributed by atoms with van der Waals surface area (Å²) in [6.07, 6.45) is 6.44. The summed E-state index contributed by atoms with van der Waals surface area (Å²) < 4.78 is 6.02. The molecule has 34 heavy (non-hydrogen) atoms. The molecule has 1 amide bonds. The molecule has 5 rings (SSSR count). The highest BCUT2D eigenvalue weighted by Crippen LogP contribution is 2.43. The average molecular weight is 482 g/mol. The van der Waals surface area contributed by atoms with Crippen molar-refractivity contribution in [3.8, 4) is 11.8 Å². The average Bonchev–Trinajstić information content (AvgIpc) is 2.86. The van der Waals surface area contributed by atoms with Gasteiger partial charge in [-0.05, 0) is 75.1 Å². The maximum atomic E-state index is 12.7. The highest BCUT2D eigenvalue weighted by molar-refractivity contribution is 6.31. The van der Waals surface area contributed by atoms with E-state index >= 15 is 0 Å². The normalized spacial score (nSPS) is 27.9. The Balaban J connectivity index is 1.10. The van der Waals surface area contributed by atoms with Crippen molar-refractivity contribution in [2.75, 3.05) is 11.5 Å². The van der Waals surface area contributed by atoms with Crippen LogP contribution in [0.25, 0.3) is 0 Å². The SMILES string of the molecule is N#Cc1ccc(OC2CCC(NC(=O)c3ccc(N4C5CC(CO)CC4C5)nn3)CC2)cc1Cl. The van der Waals surface area contributed by atoms with Crippen LogP contribution in [-0.4, -0.2) is 52.0 Å². The maximum Gasteiger partial charge on any atom is 0.272 e. The summed E-state index contributed by atoms with van der Waals surface area (Å²) in [5, 5.41) is 30.4. The number of ether oxygens (including phenoxy) is 1. The lowest BCUT2D eigenvalue weighted by atomic mass is 9.74. The molecule has 0 radical (unpaired) electrons. The Hall–Kier alpha value is -2.89.